The third kappa shape index (κ3) is 4.91. The molecule has 0 fully saturated rings. The van der Waals surface area contributed by atoms with Gasteiger partial charge < -0.3 is 19.2 Å². The molecule has 10 heteroatoms. The number of nitrogens with one attached hydrogen (secondary N) is 1. The minimum absolute atomic E-state index is 0.484. The normalized spacial score (nSPS) is 10.8. The second-order valence-corrected chi connectivity index (χ2v) is 7.01. The maximum absolute atomic E-state index is 5.69. The van der Waals surface area contributed by atoms with Crippen LogP contribution < -0.4 is 10.1 Å². The minimum Gasteiger partial charge on any atom is -0.497 e. The van der Waals surface area contributed by atoms with Crippen LogP contribution in [0.5, 0.6) is 5.75 Å². The SMILES string of the molecule is COCCNc1nnc(SCc2nnc(-c3ccc(OC)cc3)o2)s1. The highest BCUT2D eigenvalue weighted by Crippen LogP contribution is 2.29. The first kappa shape index (κ1) is 17.6. The fourth-order valence-electron chi connectivity index (χ4n) is 1.89. The van der Waals surface area contributed by atoms with E-state index in [9.17, 15) is 0 Å². The van der Waals surface area contributed by atoms with Crippen LogP contribution in [0, 0.1) is 0 Å². The van der Waals surface area contributed by atoms with Crippen LogP contribution in [0.15, 0.2) is 33.0 Å². The average molecular weight is 379 g/mol. The van der Waals surface area contributed by atoms with Crippen LogP contribution in [-0.2, 0) is 10.5 Å². The lowest BCUT2D eigenvalue weighted by molar-refractivity contribution is 0.211. The predicted molar refractivity (Wildman–Crippen MR) is 96.1 cm³/mol. The molecule has 0 bridgehead atoms. The van der Waals surface area contributed by atoms with Crippen LogP contribution in [-0.4, -0.2) is 47.8 Å². The van der Waals surface area contributed by atoms with Gasteiger partial charge in [0.25, 0.3) is 0 Å². The fourth-order valence-corrected chi connectivity index (χ4v) is 3.50. The first-order valence-electron chi connectivity index (χ1n) is 7.44. The molecule has 25 heavy (non-hydrogen) atoms. The van der Waals surface area contributed by atoms with Gasteiger partial charge in [0.15, 0.2) is 4.34 Å². The molecule has 8 nitrogen and oxygen atoms in total. The summed E-state index contributed by atoms with van der Waals surface area (Å²) in [6.45, 7) is 1.32. The zero-order chi connectivity index (χ0) is 17.5. The lowest BCUT2D eigenvalue weighted by Gasteiger charge is -1.99. The van der Waals surface area contributed by atoms with Gasteiger partial charge in [-0.05, 0) is 24.3 Å². The van der Waals surface area contributed by atoms with Crippen LogP contribution in [0.25, 0.3) is 11.5 Å². The van der Waals surface area contributed by atoms with Gasteiger partial charge in [-0.1, -0.05) is 23.1 Å². The predicted octanol–water partition coefficient (Wildman–Crippen LogP) is 2.95. The molecule has 0 aliphatic carbocycles. The van der Waals surface area contributed by atoms with E-state index < -0.39 is 0 Å². The number of thioether (sulfide) groups is 1. The number of rotatable bonds is 9. The molecule has 0 saturated carbocycles. The molecular formula is C15H17N5O3S2. The van der Waals surface area contributed by atoms with Gasteiger partial charge in [0.2, 0.25) is 16.9 Å². The molecule has 2 aromatic heterocycles. The standard InChI is InChI=1S/C15H17N5O3S2/c1-21-8-7-16-14-19-20-15(25-14)24-9-12-17-18-13(23-12)10-3-5-11(22-2)6-4-10/h3-6H,7-9H2,1-2H3,(H,16,19). The zero-order valence-corrected chi connectivity index (χ0v) is 15.4. The lowest BCUT2D eigenvalue weighted by Crippen LogP contribution is -2.06. The second kappa shape index (κ2) is 8.79. The highest BCUT2D eigenvalue weighted by Gasteiger charge is 2.11. The Bertz CT molecular complexity index is 791. The van der Waals surface area contributed by atoms with E-state index in [4.69, 9.17) is 13.9 Å². The Morgan fingerprint density at radius 3 is 2.72 bits per heavy atom. The molecule has 1 aromatic carbocycles. The summed E-state index contributed by atoms with van der Waals surface area (Å²) in [5.74, 6) is 2.35. The molecule has 0 atom stereocenters. The Kier molecular flexibility index (Phi) is 6.20. The van der Waals surface area contributed by atoms with Gasteiger partial charge in [0.1, 0.15) is 5.75 Å². The van der Waals surface area contributed by atoms with Gasteiger partial charge >= 0.3 is 0 Å². The quantitative estimate of drug-likeness (QED) is 0.444. The van der Waals surface area contributed by atoms with Crippen LogP contribution in [0.4, 0.5) is 5.13 Å². The van der Waals surface area contributed by atoms with Gasteiger partial charge in [-0.25, -0.2) is 0 Å². The molecule has 0 saturated heterocycles. The average Bonchev–Trinajstić information content (AvgIpc) is 3.30. The summed E-state index contributed by atoms with van der Waals surface area (Å²) in [6, 6.07) is 7.47. The Balaban J connectivity index is 1.54. The van der Waals surface area contributed by atoms with E-state index in [1.54, 1.807) is 14.2 Å². The number of aromatic nitrogens is 4. The number of methoxy groups -OCH3 is 2. The summed E-state index contributed by atoms with van der Waals surface area (Å²) in [4.78, 5) is 0. The lowest BCUT2D eigenvalue weighted by atomic mass is 10.2. The van der Waals surface area contributed by atoms with E-state index in [-0.39, 0.29) is 0 Å². The van der Waals surface area contributed by atoms with Crippen molar-refractivity contribution in [3.63, 3.8) is 0 Å². The van der Waals surface area contributed by atoms with Crippen molar-refractivity contribution in [2.45, 2.75) is 10.1 Å². The second-order valence-electron chi connectivity index (χ2n) is 4.81. The molecule has 3 aromatic rings. The van der Waals surface area contributed by atoms with Crippen molar-refractivity contribution in [1.29, 1.82) is 0 Å². The number of nitrogens with zero attached hydrogens (tertiary/aromatic N) is 4. The fraction of sp³-hybridized carbons (Fsp3) is 0.333. The van der Waals surface area contributed by atoms with E-state index in [0.717, 1.165) is 20.8 Å². The maximum atomic E-state index is 5.69. The Labute approximate surface area is 153 Å². The Morgan fingerprint density at radius 2 is 1.96 bits per heavy atom. The highest BCUT2D eigenvalue weighted by atomic mass is 32.2. The molecule has 0 aliphatic heterocycles. The smallest absolute Gasteiger partial charge is 0.247 e. The molecule has 0 amide bonds. The van der Waals surface area contributed by atoms with E-state index in [1.165, 1.54) is 23.1 Å². The maximum Gasteiger partial charge on any atom is 0.247 e. The number of benzene rings is 1. The van der Waals surface area contributed by atoms with Crippen molar-refractivity contribution in [2.75, 3.05) is 32.7 Å². The van der Waals surface area contributed by atoms with Gasteiger partial charge in [-0.15, -0.1) is 20.4 Å². The monoisotopic (exact) mass is 379 g/mol. The molecule has 2 heterocycles. The third-order valence-corrected chi connectivity index (χ3v) is 5.11. The number of anilines is 1. The van der Waals surface area contributed by atoms with E-state index in [2.05, 4.69) is 25.7 Å². The van der Waals surface area contributed by atoms with Crippen LogP contribution in [0.2, 0.25) is 0 Å². The van der Waals surface area contributed by atoms with E-state index in [1.807, 2.05) is 24.3 Å². The summed E-state index contributed by atoms with van der Waals surface area (Å²) < 4.78 is 16.6. The molecule has 0 aliphatic rings. The largest absolute Gasteiger partial charge is 0.497 e. The van der Waals surface area contributed by atoms with Gasteiger partial charge in [-0.3, -0.25) is 0 Å². The van der Waals surface area contributed by atoms with Crippen LogP contribution in [0.3, 0.4) is 0 Å². The number of ether oxygens (including phenoxy) is 2. The summed E-state index contributed by atoms with van der Waals surface area (Å²) in [7, 11) is 3.29. The van der Waals surface area contributed by atoms with Crippen molar-refractivity contribution >= 4 is 28.2 Å². The summed E-state index contributed by atoms with van der Waals surface area (Å²) in [5, 5.41) is 20.3. The summed E-state index contributed by atoms with van der Waals surface area (Å²) in [6.07, 6.45) is 0. The van der Waals surface area contributed by atoms with Crippen molar-refractivity contribution in [3.05, 3.63) is 30.2 Å². The topological polar surface area (TPSA) is 95.2 Å². The first-order chi connectivity index (χ1) is 12.3. The van der Waals surface area contributed by atoms with E-state index >= 15 is 0 Å². The molecule has 1 N–H and O–H groups in total. The van der Waals surface area contributed by atoms with Crippen molar-refractivity contribution in [2.24, 2.45) is 0 Å². The molecule has 0 radical (unpaired) electrons. The van der Waals surface area contributed by atoms with Gasteiger partial charge in [0, 0.05) is 19.2 Å². The molecule has 132 valence electrons. The highest BCUT2D eigenvalue weighted by molar-refractivity contribution is 8.00. The zero-order valence-electron chi connectivity index (χ0n) is 13.8. The van der Waals surface area contributed by atoms with Gasteiger partial charge in [-0.2, -0.15) is 0 Å². The van der Waals surface area contributed by atoms with Gasteiger partial charge in [0.05, 0.1) is 19.5 Å². The Morgan fingerprint density at radius 1 is 1.12 bits per heavy atom. The third-order valence-electron chi connectivity index (χ3n) is 3.11. The molecular weight excluding hydrogens is 362 g/mol. The number of hydrogen-bond donors (Lipinski definition) is 1. The summed E-state index contributed by atoms with van der Waals surface area (Å²) >= 11 is 2.99. The molecule has 0 unspecified atom stereocenters. The molecule has 0 spiro atoms. The van der Waals surface area contributed by atoms with Crippen LogP contribution in [0.1, 0.15) is 5.89 Å². The van der Waals surface area contributed by atoms with Crippen molar-refractivity contribution in [3.8, 4) is 17.2 Å². The Hall–Kier alpha value is -2.17. The van der Waals surface area contributed by atoms with Crippen LogP contribution >= 0.6 is 23.1 Å². The number of hydrogen-bond acceptors (Lipinski definition) is 10. The van der Waals surface area contributed by atoms with E-state index in [0.29, 0.717) is 30.7 Å². The van der Waals surface area contributed by atoms with Crippen molar-refractivity contribution in [1.82, 2.24) is 20.4 Å². The molecule has 3 rings (SSSR count). The first-order valence-corrected chi connectivity index (χ1v) is 9.24. The van der Waals surface area contributed by atoms with Crippen molar-refractivity contribution < 1.29 is 13.9 Å². The summed E-state index contributed by atoms with van der Waals surface area (Å²) in [5.41, 5.74) is 0.852. The minimum atomic E-state index is 0.484.